The second-order valence-electron chi connectivity index (χ2n) is 4.55. The molecule has 0 saturated heterocycles. The van der Waals surface area contributed by atoms with Crippen molar-refractivity contribution in [3.8, 4) is 0 Å². The van der Waals surface area contributed by atoms with E-state index < -0.39 is 9.05 Å². The molecular formula is C13H13Cl3N2O2S. The predicted molar refractivity (Wildman–Crippen MR) is 84.8 cm³/mol. The lowest BCUT2D eigenvalue weighted by molar-refractivity contribution is 0.606. The average molecular weight is 368 g/mol. The molecule has 0 aliphatic heterocycles. The Morgan fingerprint density at radius 2 is 2.00 bits per heavy atom. The summed E-state index contributed by atoms with van der Waals surface area (Å²) in [6, 6.07) is 5.18. The fraction of sp³-hybridized carbons (Fsp3) is 0.308. The maximum Gasteiger partial charge on any atom is 0.280 e. The Balaban J connectivity index is 2.40. The number of benzene rings is 1. The van der Waals surface area contributed by atoms with Crippen LogP contribution in [-0.2, 0) is 22.0 Å². The maximum absolute atomic E-state index is 11.4. The van der Waals surface area contributed by atoms with E-state index in [0.29, 0.717) is 28.8 Å². The largest absolute Gasteiger partial charge is 0.329 e. The summed E-state index contributed by atoms with van der Waals surface area (Å²) in [5, 5.41) is 0.929. The van der Waals surface area contributed by atoms with Crippen LogP contribution in [0.2, 0.25) is 10.0 Å². The van der Waals surface area contributed by atoms with Gasteiger partial charge in [-0.2, -0.15) is 0 Å². The summed E-state index contributed by atoms with van der Waals surface area (Å²) in [6.07, 6.45) is 2.92. The number of nitrogens with zero attached hydrogens (tertiary/aromatic N) is 2. The molecule has 21 heavy (non-hydrogen) atoms. The van der Waals surface area contributed by atoms with Crippen LogP contribution in [0.3, 0.4) is 0 Å². The van der Waals surface area contributed by atoms with Crippen LogP contribution in [0, 0.1) is 0 Å². The first kappa shape index (κ1) is 16.6. The molecule has 0 aliphatic carbocycles. The van der Waals surface area contributed by atoms with Crippen LogP contribution in [0.5, 0.6) is 0 Å². The lowest BCUT2D eigenvalue weighted by Crippen LogP contribution is -2.04. The molecule has 0 spiro atoms. The smallest absolute Gasteiger partial charge is 0.280 e. The van der Waals surface area contributed by atoms with Gasteiger partial charge in [-0.1, -0.05) is 36.2 Å². The molecule has 1 aromatic heterocycles. The summed E-state index contributed by atoms with van der Waals surface area (Å²) in [5.74, 6) is 0.655. The highest BCUT2D eigenvalue weighted by atomic mass is 35.7. The Kier molecular flexibility index (Phi) is 5.20. The number of aryl methyl sites for hydroxylation is 1. The van der Waals surface area contributed by atoms with E-state index in [4.69, 9.17) is 33.9 Å². The van der Waals surface area contributed by atoms with Crippen LogP contribution in [0.1, 0.15) is 24.7 Å². The van der Waals surface area contributed by atoms with Gasteiger partial charge < -0.3 is 4.57 Å². The van der Waals surface area contributed by atoms with E-state index in [2.05, 4.69) is 4.98 Å². The minimum atomic E-state index is -3.85. The third kappa shape index (κ3) is 4.13. The van der Waals surface area contributed by atoms with Crippen molar-refractivity contribution in [2.45, 2.75) is 31.3 Å². The van der Waals surface area contributed by atoms with Crippen molar-refractivity contribution in [3.63, 3.8) is 0 Å². The third-order valence-electron chi connectivity index (χ3n) is 2.92. The summed E-state index contributed by atoms with van der Waals surface area (Å²) in [6.45, 7) is 2.40. The number of halogens is 3. The topological polar surface area (TPSA) is 52.0 Å². The molecule has 0 saturated carbocycles. The van der Waals surface area contributed by atoms with Gasteiger partial charge in [0.05, 0.1) is 6.54 Å². The molecule has 0 bridgehead atoms. The van der Waals surface area contributed by atoms with Crippen LogP contribution >= 0.6 is 33.9 Å². The monoisotopic (exact) mass is 366 g/mol. The van der Waals surface area contributed by atoms with Gasteiger partial charge in [-0.25, -0.2) is 13.4 Å². The fourth-order valence-corrected chi connectivity index (χ4v) is 3.10. The predicted octanol–water partition coefficient (Wildman–Crippen LogP) is 4.12. The summed E-state index contributed by atoms with van der Waals surface area (Å²) < 4.78 is 24.6. The van der Waals surface area contributed by atoms with Gasteiger partial charge in [-0.3, -0.25) is 0 Å². The first-order valence-electron chi connectivity index (χ1n) is 6.26. The molecule has 4 nitrogen and oxygen atoms in total. The highest BCUT2D eigenvalue weighted by molar-refractivity contribution is 8.13. The molecule has 0 aliphatic rings. The minimum absolute atomic E-state index is 0.141. The molecule has 0 unspecified atom stereocenters. The molecule has 0 amide bonds. The molecular weight excluding hydrogens is 355 g/mol. The van der Waals surface area contributed by atoms with Gasteiger partial charge in [0.15, 0.2) is 5.03 Å². The summed E-state index contributed by atoms with van der Waals surface area (Å²) in [4.78, 5) is 4.09. The number of hydrogen-bond donors (Lipinski definition) is 0. The van der Waals surface area contributed by atoms with Crippen molar-refractivity contribution in [1.29, 1.82) is 0 Å². The van der Waals surface area contributed by atoms with Gasteiger partial charge in [0.25, 0.3) is 9.05 Å². The van der Waals surface area contributed by atoms with Crippen molar-refractivity contribution in [2.75, 3.05) is 0 Å². The van der Waals surface area contributed by atoms with Crippen molar-refractivity contribution in [3.05, 3.63) is 45.8 Å². The van der Waals surface area contributed by atoms with Crippen molar-refractivity contribution < 1.29 is 8.42 Å². The Morgan fingerprint density at radius 3 is 2.57 bits per heavy atom. The van der Waals surface area contributed by atoms with Crippen LogP contribution in [0.15, 0.2) is 29.4 Å². The van der Waals surface area contributed by atoms with Gasteiger partial charge in [0.1, 0.15) is 5.82 Å². The molecule has 0 N–H and O–H groups in total. The van der Waals surface area contributed by atoms with Crippen molar-refractivity contribution in [1.82, 2.24) is 9.55 Å². The maximum atomic E-state index is 11.4. The standard InChI is InChI=1S/C13H13Cl3N2O2S/c1-2-3-12-17-13(21(16,19)20)8-18(12)7-9-4-5-10(14)6-11(9)15/h4-6,8H,2-3,7H2,1H3. The molecule has 2 aromatic rings. The van der Waals surface area contributed by atoms with Crippen molar-refractivity contribution >= 4 is 42.9 Å². The van der Waals surface area contributed by atoms with Crippen LogP contribution < -0.4 is 0 Å². The minimum Gasteiger partial charge on any atom is -0.329 e. The van der Waals surface area contributed by atoms with Gasteiger partial charge >= 0.3 is 0 Å². The lowest BCUT2D eigenvalue weighted by atomic mass is 10.2. The summed E-state index contributed by atoms with van der Waals surface area (Å²) >= 11 is 12.0. The quantitative estimate of drug-likeness (QED) is 0.747. The van der Waals surface area contributed by atoms with Crippen molar-refractivity contribution in [2.24, 2.45) is 0 Å². The molecule has 2 rings (SSSR count). The third-order valence-corrected chi connectivity index (χ3v) is 4.67. The number of rotatable bonds is 5. The molecule has 8 heteroatoms. The van der Waals surface area contributed by atoms with E-state index in [9.17, 15) is 8.42 Å². The zero-order chi connectivity index (χ0) is 15.6. The SMILES string of the molecule is CCCc1nc(S(=O)(=O)Cl)cn1Cc1ccc(Cl)cc1Cl. The van der Waals surface area contributed by atoms with E-state index in [0.717, 1.165) is 12.0 Å². The second-order valence-corrected chi connectivity index (χ2v) is 7.90. The zero-order valence-corrected chi connectivity index (χ0v) is 14.3. The Morgan fingerprint density at radius 1 is 1.29 bits per heavy atom. The van der Waals surface area contributed by atoms with Gasteiger partial charge in [-0.15, -0.1) is 0 Å². The first-order valence-corrected chi connectivity index (χ1v) is 9.32. The summed E-state index contributed by atoms with van der Waals surface area (Å²) in [5.41, 5.74) is 0.828. The lowest BCUT2D eigenvalue weighted by Gasteiger charge is -2.09. The molecule has 0 fully saturated rings. The fourth-order valence-electron chi connectivity index (χ4n) is 1.94. The second kappa shape index (κ2) is 6.57. The van der Waals surface area contributed by atoms with E-state index in [-0.39, 0.29) is 5.03 Å². The van der Waals surface area contributed by atoms with Gasteiger partial charge in [-0.05, 0) is 24.1 Å². The number of imidazole rings is 1. The first-order chi connectivity index (χ1) is 9.81. The van der Waals surface area contributed by atoms with E-state index in [1.165, 1.54) is 6.20 Å². The normalized spacial score (nSPS) is 11.8. The van der Waals surface area contributed by atoms with E-state index >= 15 is 0 Å². The van der Waals surface area contributed by atoms with Gasteiger partial charge in [0, 0.05) is 33.3 Å². The Hall–Kier alpha value is -0.750. The van der Waals surface area contributed by atoms with Crippen LogP contribution in [0.25, 0.3) is 0 Å². The molecule has 0 radical (unpaired) electrons. The van der Waals surface area contributed by atoms with E-state index in [1.807, 2.05) is 6.92 Å². The Labute approximate surface area is 138 Å². The Bertz CT molecular complexity index is 757. The number of aromatic nitrogens is 2. The number of hydrogen-bond acceptors (Lipinski definition) is 3. The van der Waals surface area contributed by atoms with E-state index in [1.54, 1.807) is 22.8 Å². The van der Waals surface area contributed by atoms with Crippen LogP contribution in [-0.4, -0.2) is 18.0 Å². The molecule has 0 atom stereocenters. The zero-order valence-electron chi connectivity index (χ0n) is 11.2. The average Bonchev–Trinajstić information content (AvgIpc) is 2.76. The van der Waals surface area contributed by atoms with Crippen LogP contribution in [0.4, 0.5) is 0 Å². The molecule has 1 heterocycles. The summed E-state index contributed by atoms with van der Waals surface area (Å²) in [7, 11) is 1.51. The highest BCUT2D eigenvalue weighted by Gasteiger charge is 2.18. The highest BCUT2D eigenvalue weighted by Crippen LogP contribution is 2.23. The molecule has 114 valence electrons. The molecule has 1 aromatic carbocycles. The van der Waals surface area contributed by atoms with Gasteiger partial charge in [0.2, 0.25) is 0 Å².